The van der Waals surface area contributed by atoms with Crippen LogP contribution >= 0.6 is 0 Å². The van der Waals surface area contributed by atoms with Gasteiger partial charge in [0.25, 0.3) is 5.69 Å². The number of rotatable bonds is 7. The van der Waals surface area contributed by atoms with Crippen LogP contribution in [0.2, 0.25) is 0 Å². The first-order chi connectivity index (χ1) is 11.4. The first kappa shape index (κ1) is 17.7. The van der Waals surface area contributed by atoms with Crippen LogP contribution in [-0.4, -0.2) is 16.6 Å². The molecule has 0 radical (unpaired) electrons. The molecule has 2 rings (SSSR count). The third kappa shape index (κ3) is 4.00. The Labute approximate surface area is 141 Å². The first-order valence-electron chi connectivity index (χ1n) is 7.74. The van der Waals surface area contributed by atoms with Crippen LogP contribution in [0.5, 0.6) is 5.75 Å². The molecule has 5 nitrogen and oxygen atoms in total. The Morgan fingerprint density at radius 1 is 1.21 bits per heavy atom. The quantitative estimate of drug-likeness (QED) is 0.466. The molecular weight excluding hydrogens is 306 g/mol. The Hall–Kier alpha value is -2.66. The van der Waals surface area contributed by atoms with Crippen LogP contribution in [0.1, 0.15) is 42.6 Å². The van der Waals surface area contributed by atoms with E-state index in [4.69, 9.17) is 4.74 Å². The first-order valence-corrected chi connectivity index (χ1v) is 7.74. The summed E-state index contributed by atoms with van der Waals surface area (Å²) in [6.45, 7) is 8.01. The average Bonchev–Trinajstić information content (AvgIpc) is 2.59. The minimum absolute atomic E-state index is 0.138. The Morgan fingerprint density at radius 2 is 1.83 bits per heavy atom. The topological polar surface area (TPSA) is 72.6 Å². The molecule has 0 amide bonds. The summed E-state index contributed by atoms with van der Waals surface area (Å²) in [6.07, 6.45) is 0.487. The number of nitro benzene ring substituents is 1. The second-order valence-electron chi connectivity index (χ2n) is 5.80. The molecule has 5 heteroatoms. The maximum atomic E-state index is 11.3. The highest BCUT2D eigenvalue weighted by atomic mass is 16.6. The van der Waals surface area contributed by atoms with Gasteiger partial charge in [-0.15, -0.1) is 0 Å². The second kappa shape index (κ2) is 7.75. The molecular formula is C19H21NO4. The molecule has 0 aliphatic carbocycles. The van der Waals surface area contributed by atoms with Crippen LogP contribution in [0, 0.1) is 10.1 Å². The van der Waals surface area contributed by atoms with Crippen molar-refractivity contribution in [2.45, 2.75) is 25.9 Å². The number of ether oxygens (including phenoxy) is 1. The fraction of sp³-hybridized carbons (Fsp3) is 0.263. The number of aliphatic hydroxyl groups is 1. The van der Waals surface area contributed by atoms with Crippen LogP contribution < -0.4 is 4.74 Å². The largest absolute Gasteiger partial charge is 0.490 e. The van der Waals surface area contributed by atoms with Crippen LogP contribution in [0.15, 0.2) is 55.1 Å². The molecule has 2 aromatic carbocycles. The van der Waals surface area contributed by atoms with Gasteiger partial charge in [0.05, 0.1) is 10.5 Å². The molecule has 0 spiro atoms. The average molecular weight is 327 g/mol. The Balaban J connectivity index is 2.39. The van der Waals surface area contributed by atoms with Crippen LogP contribution in [0.4, 0.5) is 5.69 Å². The van der Waals surface area contributed by atoms with Gasteiger partial charge in [-0.3, -0.25) is 10.1 Å². The zero-order chi connectivity index (χ0) is 17.7. The van der Waals surface area contributed by atoms with Gasteiger partial charge in [0.1, 0.15) is 18.5 Å². The van der Waals surface area contributed by atoms with Crippen molar-refractivity contribution in [1.82, 2.24) is 0 Å². The minimum atomic E-state index is -1.10. The molecule has 0 aliphatic rings. The van der Waals surface area contributed by atoms with Crippen molar-refractivity contribution < 1.29 is 14.8 Å². The molecule has 1 N–H and O–H groups in total. The molecule has 0 unspecified atom stereocenters. The van der Waals surface area contributed by atoms with Gasteiger partial charge >= 0.3 is 0 Å². The van der Waals surface area contributed by atoms with Crippen molar-refractivity contribution in [1.29, 1.82) is 0 Å². The van der Waals surface area contributed by atoms with E-state index < -0.39 is 11.0 Å². The van der Waals surface area contributed by atoms with E-state index in [1.807, 2.05) is 12.1 Å². The lowest BCUT2D eigenvalue weighted by Gasteiger charge is -2.14. The van der Waals surface area contributed by atoms with E-state index in [2.05, 4.69) is 20.4 Å². The highest BCUT2D eigenvalue weighted by Crippen LogP contribution is 2.33. The highest BCUT2D eigenvalue weighted by molar-refractivity contribution is 5.49. The van der Waals surface area contributed by atoms with Crippen molar-refractivity contribution >= 4 is 5.69 Å². The predicted octanol–water partition coefficient (Wildman–Crippen LogP) is 4.36. The number of hydrogen-bond acceptors (Lipinski definition) is 4. The van der Waals surface area contributed by atoms with Gasteiger partial charge in [0.2, 0.25) is 0 Å². The molecule has 0 bridgehead atoms. The zero-order valence-electron chi connectivity index (χ0n) is 13.8. The van der Waals surface area contributed by atoms with Crippen LogP contribution in [-0.2, 0) is 0 Å². The lowest BCUT2D eigenvalue weighted by Crippen LogP contribution is -2.05. The highest BCUT2D eigenvalue weighted by Gasteiger charge is 2.23. The number of aliphatic hydroxyl groups excluding tert-OH is 1. The SMILES string of the molecule is C=CCOc1ccc([N+](=O)[O-])c([C@H](O)c2ccc(C(C)C)cc2)c1. The van der Waals surface area contributed by atoms with Gasteiger partial charge in [-0.25, -0.2) is 0 Å². The van der Waals surface area contributed by atoms with Crippen LogP contribution in [0.3, 0.4) is 0 Å². The number of nitrogens with zero attached hydrogens (tertiary/aromatic N) is 1. The summed E-state index contributed by atoms with van der Waals surface area (Å²) >= 11 is 0. The molecule has 2 aromatic rings. The summed E-state index contributed by atoms with van der Waals surface area (Å²) in [5, 5.41) is 21.9. The molecule has 0 saturated carbocycles. The van der Waals surface area contributed by atoms with E-state index in [-0.39, 0.29) is 17.9 Å². The third-order valence-corrected chi connectivity index (χ3v) is 3.78. The smallest absolute Gasteiger partial charge is 0.275 e. The fourth-order valence-electron chi connectivity index (χ4n) is 2.41. The molecule has 0 aliphatic heterocycles. The van der Waals surface area contributed by atoms with Gasteiger partial charge in [-0.2, -0.15) is 0 Å². The van der Waals surface area contributed by atoms with Gasteiger partial charge in [-0.1, -0.05) is 50.8 Å². The molecule has 24 heavy (non-hydrogen) atoms. The number of hydrogen-bond donors (Lipinski definition) is 1. The summed E-state index contributed by atoms with van der Waals surface area (Å²) < 4.78 is 5.42. The van der Waals surface area contributed by atoms with Crippen molar-refractivity contribution in [3.63, 3.8) is 0 Å². The minimum Gasteiger partial charge on any atom is -0.490 e. The monoisotopic (exact) mass is 327 g/mol. The Bertz CT molecular complexity index is 723. The van der Waals surface area contributed by atoms with E-state index in [1.54, 1.807) is 18.2 Å². The number of benzene rings is 2. The summed E-state index contributed by atoms with van der Waals surface area (Å²) in [7, 11) is 0. The van der Waals surface area contributed by atoms with E-state index in [0.717, 1.165) is 5.56 Å². The van der Waals surface area contributed by atoms with E-state index >= 15 is 0 Å². The second-order valence-corrected chi connectivity index (χ2v) is 5.80. The standard InChI is InChI=1S/C19H21NO4/c1-4-11-24-16-9-10-18(20(22)23)17(12-16)19(21)15-7-5-14(6-8-15)13(2)3/h4-10,12-13,19,21H,1,11H2,2-3H3/t19-/m1/s1. The van der Waals surface area contributed by atoms with Gasteiger partial charge in [0.15, 0.2) is 0 Å². The molecule has 1 atom stereocenters. The maximum absolute atomic E-state index is 11.3. The molecule has 0 saturated heterocycles. The summed E-state index contributed by atoms with van der Waals surface area (Å²) in [5.74, 6) is 0.828. The van der Waals surface area contributed by atoms with Crippen molar-refractivity contribution in [3.8, 4) is 5.75 Å². The van der Waals surface area contributed by atoms with E-state index in [1.165, 1.54) is 18.2 Å². The van der Waals surface area contributed by atoms with Crippen molar-refractivity contribution in [2.75, 3.05) is 6.61 Å². The molecule has 126 valence electrons. The normalized spacial score (nSPS) is 12.0. The summed E-state index contributed by atoms with van der Waals surface area (Å²) in [5.41, 5.74) is 1.81. The lowest BCUT2D eigenvalue weighted by atomic mass is 9.96. The summed E-state index contributed by atoms with van der Waals surface area (Å²) in [6, 6.07) is 11.8. The fourth-order valence-corrected chi connectivity index (χ4v) is 2.41. The van der Waals surface area contributed by atoms with Gasteiger partial charge < -0.3 is 9.84 Å². The lowest BCUT2D eigenvalue weighted by molar-refractivity contribution is -0.386. The maximum Gasteiger partial charge on any atom is 0.275 e. The van der Waals surface area contributed by atoms with Gasteiger partial charge in [0, 0.05) is 6.07 Å². The molecule has 0 fully saturated rings. The Morgan fingerprint density at radius 3 is 2.38 bits per heavy atom. The molecule has 0 aromatic heterocycles. The van der Waals surface area contributed by atoms with Gasteiger partial charge in [-0.05, 0) is 29.2 Å². The molecule has 0 heterocycles. The van der Waals surface area contributed by atoms with E-state index in [0.29, 0.717) is 17.2 Å². The summed E-state index contributed by atoms with van der Waals surface area (Å²) in [4.78, 5) is 10.8. The van der Waals surface area contributed by atoms with Crippen molar-refractivity contribution in [2.24, 2.45) is 0 Å². The van der Waals surface area contributed by atoms with Crippen LogP contribution in [0.25, 0.3) is 0 Å². The van der Waals surface area contributed by atoms with E-state index in [9.17, 15) is 15.2 Å². The number of nitro groups is 1. The predicted molar refractivity (Wildman–Crippen MR) is 93.4 cm³/mol. The Kier molecular flexibility index (Phi) is 5.71. The van der Waals surface area contributed by atoms with Crippen molar-refractivity contribution in [3.05, 3.63) is 81.9 Å². The third-order valence-electron chi connectivity index (χ3n) is 3.78. The zero-order valence-corrected chi connectivity index (χ0v) is 13.8.